The molecule has 2 amide bonds. The Hall–Kier alpha value is -5.90. The van der Waals surface area contributed by atoms with Gasteiger partial charge in [-0.05, 0) is 76.2 Å². The number of carbonyl (C=O) groups is 3. The van der Waals surface area contributed by atoms with Gasteiger partial charge in [-0.3, -0.25) is 9.59 Å². The highest BCUT2D eigenvalue weighted by Gasteiger charge is 2.30. The average Bonchev–Trinajstić information content (AvgIpc) is 3.08. The van der Waals surface area contributed by atoms with Crippen molar-refractivity contribution in [1.82, 2.24) is 5.32 Å². The third-order valence-electron chi connectivity index (χ3n) is 8.02. The Kier molecular flexibility index (Phi) is 10.4. The summed E-state index contributed by atoms with van der Waals surface area (Å²) >= 11 is 0. The molecular weight excluding hydrogens is 645 g/mol. The van der Waals surface area contributed by atoms with Crippen LogP contribution in [0.2, 0.25) is 0 Å². The van der Waals surface area contributed by atoms with Crippen LogP contribution in [0, 0.1) is 0 Å². The van der Waals surface area contributed by atoms with Crippen molar-refractivity contribution >= 4 is 23.5 Å². The highest BCUT2D eigenvalue weighted by Crippen LogP contribution is 2.33. The molecule has 0 bridgehead atoms. The standard InChI is InChI=1S/C40H35F3N2O5/c1-39(2,3)29-15-13-28(14-16-29)36(46)44-34-24-32(50-31-19-17-30(18-20-31)40(41,42)43)21-22-33(34)37(47)45-35(38(48)49)23-25-9-11-27(12-10-25)26-7-5-4-6-8-26/h4-22,24,35H,23H2,1-3H3,(H,44,46)(H,45,47)(H,48,49)/t35-/m0/s1. The Morgan fingerprint density at radius 3 is 1.86 bits per heavy atom. The lowest BCUT2D eigenvalue weighted by molar-refractivity contribution is -0.139. The van der Waals surface area contributed by atoms with Crippen LogP contribution in [0.3, 0.4) is 0 Å². The number of aliphatic carboxylic acids is 1. The first-order valence-corrected chi connectivity index (χ1v) is 15.8. The third-order valence-corrected chi connectivity index (χ3v) is 8.02. The second kappa shape index (κ2) is 14.7. The van der Waals surface area contributed by atoms with Crippen molar-refractivity contribution in [3.8, 4) is 22.6 Å². The van der Waals surface area contributed by atoms with Gasteiger partial charge in [-0.25, -0.2) is 4.79 Å². The number of anilines is 1. The third kappa shape index (κ3) is 8.96. The van der Waals surface area contributed by atoms with Gasteiger partial charge in [0.05, 0.1) is 16.8 Å². The number of nitrogens with one attached hydrogen (secondary N) is 2. The number of rotatable bonds is 10. The number of ether oxygens (including phenoxy) is 1. The molecule has 10 heteroatoms. The molecule has 3 N–H and O–H groups in total. The predicted molar refractivity (Wildman–Crippen MR) is 186 cm³/mol. The lowest BCUT2D eigenvalue weighted by atomic mass is 9.86. The maximum atomic E-state index is 13.6. The van der Waals surface area contributed by atoms with Crippen LogP contribution in [0.5, 0.6) is 11.5 Å². The number of hydrogen-bond acceptors (Lipinski definition) is 4. The highest BCUT2D eigenvalue weighted by molar-refractivity contribution is 6.09. The van der Waals surface area contributed by atoms with Gasteiger partial charge in [-0.1, -0.05) is 87.5 Å². The molecule has 0 unspecified atom stereocenters. The van der Waals surface area contributed by atoms with E-state index in [1.165, 1.54) is 18.2 Å². The van der Waals surface area contributed by atoms with Crippen LogP contribution in [0.15, 0.2) is 121 Å². The second-order valence-corrected chi connectivity index (χ2v) is 12.7. The van der Waals surface area contributed by atoms with E-state index in [0.717, 1.165) is 41.0 Å². The minimum absolute atomic E-state index is 0.00687. The SMILES string of the molecule is CC(C)(C)c1ccc(C(=O)Nc2cc(Oc3ccc(C(F)(F)F)cc3)ccc2C(=O)N[C@@H](Cc2ccc(-c3ccccc3)cc2)C(=O)O)cc1. The Labute approximate surface area is 287 Å². The fourth-order valence-corrected chi connectivity index (χ4v) is 5.19. The van der Waals surface area contributed by atoms with Crippen LogP contribution in [0.25, 0.3) is 11.1 Å². The van der Waals surface area contributed by atoms with Crippen molar-refractivity contribution in [2.45, 2.75) is 44.8 Å². The molecule has 0 saturated heterocycles. The number of amides is 2. The fraction of sp³-hybridized carbons (Fsp3) is 0.175. The molecule has 0 saturated carbocycles. The molecule has 50 heavy (non-hydrogen) atoms. The second-order valence-electron chi connectivity index (χ2n) is 12.7. The topological polar surface area (TPSA) is 105 Å². The first-order chi connectivity index (χ1) is 23.7. The zero-order valence-corrected chi connectivity index (χ0v) is 27.5. The molecule has 0 aliphatic carbocycles. The van der Waals surface area contributed by atoms with Gasteiger partial charge < -0.3 is 20.5 Å². The van der Waals surface area contributed by atoms with E-state index < -0.39 is 35.6 Å². The lowest BCUT2D eigenvalue weighted by Crippen LogP contribution is -2.42. The minimum Gasteiger partial charge on any atom is -0.480 e. The van der Waals surface area contributed by atoms with E-state index in [0.29, 0.717) is 11.1 Å². The summed E-state index contributed by atoms with van der Waals surface area (Å²) in [5.41, 5.74) is 2.94. The molecule has 256 valence electrons. The van der Waals surface area contributed by atoms with Gasteiger partial charge >= 0.3 is 12.1 Å². The summed E-state index contributed by atoms with van der Waals surface area (Å²) < 4.78 is 44.9. The molecule has 5 aromatic rings. The fourth-order valence-electron chi connectivity index (χ4n) is 5.19. The quantitative estimate of drug-likeness (QED) is 0.137. The van der Waals surface area contributed by atoms with Crippen molar-refractivity contribution in [3.63, 3.8) is 0 Å². The van der Waals surface area contributed by atoms with Gasteiger partial charge in [0.2, 0.25) is 0 Å². The van der Waals surface area contributed by atoms with Crippen molar-refractivity contribution in [2.75, 3.05) is 5.32 Å². The predicted octanol–water partition coefficient (Wildman–Crippen LogP) is 9.14. The molecule has 0 aromatic heterocycles. The molecule has 0 radical (unpaired) electrons. The largest absolute Gasteiger partial charge is 0.480 e. The summed E-state index contributed by atoms with van der Waals surface area (Å²) in [6, 6.07) is 30.9. The van der Waals surface area contributed by atoms with E-state index in [2.05, 4.69) is 10.6 Å². The Bertz CT molecular complexity index is 1970. The van der Waals surface area contributed by atoms with E-state index in [9.17, 15) is 32.7 Å². The van der Waals surface area contributed by atoms with Crippen LogP contribution in [-0.2, 0) is 22.8 Å². The van der Waals surface area contributed by atoms with Crippen LogP contribution in [0.1, 0.15) is 58.2 Å². The van der Waals surface area contributed by atoms with E-state index >= 15 is 0 Å². The van der Waals surface area contributed by atoms with Crippen molar-refractivity contribution < 1.29 is 37.4 Å². The Morgan fingerprint density at radius 2 is 1.28 bits per heavy atom. The Morgan fingerprint density at radius 1 is 0.700 bits per heavy atom. The van der Waals surface area contributed by atoms with Crippen LogP contribution < -0.4 is 15.4 Å². The minimum atomic E-state index is -4.52. The number of alkyl halides is 3. The summed E-state index contributed by atoms with van der Waals surface area (Å²) in [4.78, 5) is 39.3. The van der Waals surface area contributed by atoms with Gasteiger partial charge in [0.1, 0.15) is 17.5 Å². The molecule has 1 atom stereocenters. The van der Waals surface area contributed by atoms with Gasteiger partial charge in [0.25, 0.3) is 11.8 Å². The van der Waals surface area contributed by atoms with E-state index in [-0.39, 0.29) is 34.6 Å². The summed E-state index contributed by atoms with van der Waals surface area (Å²) in [5.74, 6) is -2.35. The number of carboxylic acids is 1. The first-order valence-electron chi connectivity index (χ1n) is 15.8. The monoisotopic (exact) mass is 680 g/mol. The molecule has 5 rings (SSSR count). The van der Waals surface area contributed by atoms with E-state index in [1.807, 2.05) is 75.4 Å². The van der Waals surface area contributed by atoms with Crippen molar-refractivity contribution in [3.05, 3.63) is 149 Å². The zero-order chi connectivity index (χ0) is 36.1. The van der Waals surface area contributed by atoms with E-state index in [1.54, 1.807) is 24.3 Å². The molecule has 0 fully saturated rings. The summed E-state index contributed by atoms with van der Waals surface area (Å²) in [5, 5.41) is 15.3. The zero-order valence-electron chi connectivity index (χ0n) is 27.5. The van der Waals surface area contributed by atoms with Gasteiger partial charge in [-0.2, -0.15) is 13.2 Å². The van der Waals surface area contributed by atoms with E-state index in [4.69, 9.17) is 4.74 Å². The number of carbonyl (C=O) groups excluding carboxylic acids is 2. The first kappa shape index (κ1) is 35.4. The maximum Gasteiger partial charge on any atom is 0.416 e. The summed E-state index contributed by atoms with van der Waals surface area (Å²) in [7, 11) is 0. The summed E-state index contributed by atoms with van der Waals surface area (Å²) in [6.45, 7) is 6.12. The van der Waals surface area contributed by atoms with Crippen molar-refractivity contribution in [1.29, 1.82) is 0 Å². The number of halogens is 3. The normalized spacial score (nSPS) is 12.1. The van der Waals surface area contributed by atoms with Crippen LogP contribution >= 0.6 is 0 Å². The summed E-state index contributed by atoms with van der Waals surface area (Å²) in [6.07, 6.45) is -4.53. The van der Waals surface area contributed by atoms with Gasteiger partial charge in [0.15, 0.2) is 0 Å². The maximum absolute atomic E-state index is 13.6. The highest BCUT2D eigenvalue weighted by atomic mass is 19.4. The molecule has 0 aliphatic rings. The molecule has 5 aromatic carbocycles. The Balaban J connectivity index is 1.39. The number of carboxylic acid groups (broad SMARTS) is 1. The smallest absolute Gasteiger partial charge is 0.416 e. The molecule has 7 nitrogen and oxygen atoms in total. The average molecular weight is 681 g/mol. The van der Waals surface area contributed by atoms with Crippen molar-refractivity contribution in [2.24, 2.45) is 0 Å². The molecule has 0 spiro atoms. The molecule has 0 heterocycles. The van der Waals surface area contributed by atoms with Crippen LogP contribution in [-0.4, -0.2) is 28.9 Å². The van der Waals surface area contributed by atoms with Gasteiger partial charge in [0, 0.05) is 18.1 Å². The number of benzene rings is 5. The number of hydrogen-bond donors (Lipinski definition) is 3. The van der Waals surface area contributed by atoms with Gasteiger partial charge in [-0.15, -0.1) is 0 Å². The molecular formula is C40H35F3N2O5. The lowest BCUT2D eigenvalue weighted by Gasteiger charge is -2.19. The molecule has 0 aliphatic heterocycles. The van der Waals surface area contributed by atoms with Crippen LogP contribution in [0.4, 0.5) is 18.9 Å².